The van der Waals surface area contributed by atoms with Crippen molar-refractivity contribution >= 4 is 28.7 Å². The molecular weight excluding hydrogens is 417 g/mol. The van der Waals surface area contributed by atoms with Crippen LogP contribution in [0.25, 0.3) is 0 Å². The van der Waals surface area contributed by atoms with Crippen molar-refractivity contribution in [2.75, 3.05) is 37.2 Å². The normalized spacial score (nSPS) is 18.6. The highest BCUT2D eigenvalue weighted by molar-refractivity contribution is 8.14. The van der Waals surface area contributed by atoms with E-state index in [0.717, 1.165) is 30.6 Å². The molecule has 0 bridgehead atoms. The van der Waals surface area contributed by atoms with E-state index in [4.69, 9.17) is 4.74 Å². The van der Waals surface area contributed by atoms with Gasteiger partial charge in [-0.1, -0.05) is 11.8 Å². The predicted octanol–water partition coefficient (Wildman–Crippen LogP) is 3.74. The van der Waals surface area contributed by atoms with Gasteiger partial charge in [0.2, 0.25) is 0 Å². The lowest BCUT2D eigenvalue weighted by molar-refractivity contribution is 0.0949. The number of carbonyl (C=O) groups excluding carboxylic acids is 1. The second-order valence-corrected chi connectivity index (χ2v) is 8.66. The number of hydrogen-bond donors (Lipinski definition) is 2. The molecule has 0 spiro atoms. The first-order chi connectivity index (χ1) is 15.1. The number of ether oxygens (including phenoxy) is 1. The molecule has 31 heavy (non-hydrogen) atoms. The van der Waals surface area contributed by atoms with Gasteiger partial charge in [-0.25, -0.2) is 9.37 Å². The lowest BCUT2D eigenvalue weighted by Crippen LogP contribution is -2.33. The average molecular weight is 444 g/mol. The first-order valence-electron chi connectivity index (χ1n) is 10.5. The third-order valence-corrected chi connectivity index (χ3v) is 6.23. The Balaban J connectivity index is 1.38. The lowest BCUT2D eigenvalue weighted by Gasteiger charge is -2.15. The van der Waals surface area contributed by atoms with Gasteiger partial charge >= 0.3 is 0 Å². The molecule has 0 aliphatic carbocycles. The van der Waals surface area contributed by atoms with Crippen molar-refractivity contribution in [2.24, 2.45) is 4.99 Å². The highest BCUT2D eigenvalue weighted by Crippen LogP contribution is 2.27. The van der Waals surface area contributed by atoms with Gasteiger partial charge in [-0.05, 0) is 57.1 Å². The smallest absolute Gasteiger partial charge is 0.251 e. The molecule has 1 unspecified atom stereocenters. The topological polar surface area (TPSA) is 78.9 Å². The molecule has 1 saturated heterocycles. The number of carbonyl (C=O) groups is 1. The predicted molar refractivity (Wildman–Crippen MR) is 122 cm³/mol. The number of nitrogens with one attached hydrogen (secondary N) is 2. The van der Waals surface area contributed by atoms with Gasteiger partial charge < -0.3 is 20.3 Å². The number of halogens is 1. The minimum absolute atomic E-state index is 0.00875. The number of aliphatic imine (C=N–C) groups is 1. The van der Waals surface area contributed by atoms with Crippen LogP contribution in [0.5, 0.6) is 11.5 Å². The zero-order valence-corrected chi connectivity index (χ0v) is 18.3. The Morgan fingerprint density at radius 2 is 2.13 bits per heavy atom. The highest BCUT2D eigenvalue weighted by atomic mass is 32.2. The Labute approximate surface area is 185 Å². The van der Waals surface area contributed by atoms with E-state index in [-0.39, 0.29) is 17.7 Å². The fourth-order valence-electron chi connectivity index (χ4n) is 3.48. The van der Waals surface area contributed by atoms with Crippen LogP contribution >= 0.6 is 11.8 Å². The number of aromatic nitrogens is 1. The molecule has 1 aromatic carbocycles. The largest absolute Gasteiger partial charge is 0.454 e. The van der Waals surface area contributed by atoms with E-state index in [9.17, 15) is 9.18 Å². The molecule has 7 nitrogen and oxygen atoms in total. The number of amidine groups is 1. The van der Waals surface area contributed by atoms with Crippen molar-refractivity contribution in [2.45, 2.75) is 25.8 Å². The van der Waals surface area contributed by atoms with Gasteiger partial charge in [0, 0.05) is 36.7 Å². The maximum atomic E-state index is 14.3. The van der Waals surface area contributed by atoms with E-state index in [1.54, 1.807) is 30.1 Å². The molecule has 1 atom stereocenters. The summed E-state index contributed by atoms with van der Waals surface area (Å²) in [5, 5.41) is 6.85. The van der Waals surface area contributed by atoms with Gasteiger partial charge in [0.15, 0.2) is 16.7 Å². The van der Waals surface area contributed by atoms with Crippen LogP contribution in [0.4, 0.5) is 10.2 Å². The Kier molecular flexibility index (Phi) is 7.03. The van der Waals surface area contributed by atoms with E-state index >= 15 is 0 Å². The van der Waals surface area contributed by atoms with Crippen LogP contribution in [0.15, 0.2) is 41.5 Å². The Bertz CT molecular complexity index is 965. The van der Waals surface area contributed by atoms with Crippen LogP contribution in [-0.4, -0.2) is 58.9 Å². The molecule has 1 amide bonds. The molecule has 2 aliphatic heterocycles. The average Bonchev–Trinajstić information content (AvgIpc) is 3.41. The van der Waals surface area contributed by atoms with Crippen molar-refractivity contribution < 1.29 is 13.9 Å². The number of likely N-dealkylation sites (tertiary alicyclic amines) is 1. The fraction of sp³-hybridized carbons (Fsp3) is 0.409. The molecule has 0 radical (unpaired) electrons. The standard InChI is InChI=1S/C22H26FN5O2S/c1-15-14-31-22(26-15)27-20-13-17(6-7-24-20)30-19-12-16(4-5-18(19)23)21(29)25-8-11-28-9-2-3-10-28/h4-7,12-13,15H,2-3,8-11,14H2,1H3,(H,25,29)(H,24,26,27). The molecule has 164 valence electrons. The van der Waals surface area contributed by atoms with Crippen LogP contribution in [-0.2, 0) is 0 Å². The number of hydrogen-bond acceptors (Lipinski definition) is 7. The molecule has 2 aliphatic rings. The van der Waals surface area contributed by atoms with Crippen molar-refractivity contribution in [1.29, 1.82) is 0 Å². The van der Waals surface area contributed by atoms with Gasteiger partial charge in [0.25, 0.3) is 5.91 Å². The van der Waals surface area contributed by atoms with Gasteiger partial charge in [-0.15, -0.1) is 0 Å². The number of rotatable bonds is 7. The minimum Gasteiger partial charge on any atom is -0.454 e. The monoisotopic (exact) mass is 443 g/mol. The Hall–Kier alpha value is -2.65. The van der Waals surface area contributed by atoms with Crippen LogP contribution in [0.1, 0.15) is 30.1 Å². The maximum absolute atomic E-state index is 14.3. The summed E-state index contributed by atoms with van der Waals surface area (Å²) in [6.07, 6.45) is 4.00. The number of anilines is 1. The van der Waals surface area contributed by atoms with Crippen LogP contribution in [0.3, 0.4) is 0 Å². The SMILES string of the molecule is CC1CSC(Nc2cc(Oc3cc(C(=O)NCCN4CCCC4)ccc3F)ccn2)=N1. The summed E-state index contributed by atoms with van der Waals surface area (Å²) < 4.78 is 20.1. The Morgan fingerprint density at radius 3 is 2.90 bits per heavy atom. The van der Waals surface area contributed by atoms with E-state index in [1.165, 1.54) is 31.0 Å². The van der Waals surface area contributed by atoms with Crippen molar-refractivity contribution in [3.05, 3.63) is 47.9 Å². The summed E-state index contributed by atoms with van der Waals surface area (Å²) in [5.74, 6) is 1.12. The van der Waals surface area contributed by atoms with Crippen LogP contribution in [0, 0.1) is 5.82 Å². The highest BCUT2D eigenvalue weighted by Gasteiger charge is 2.16. The quantitative estimate of drug-likeness (QED) is 0.679. The molecule has 0 saturated carbocycles. The van der Waals surface area contributed by atoms with E-state index < -0.39 is 5.82 Å². The zero-order valence-electron chi connectivity index (χ0n) is 17.4. The van der Waals surface area contributed by atoms with Gasteiger partial charge in [0.05, 0.1) is 6.04 Å². The molecule has 1 aromatic heterocycles. The summed E-state index contributed by atoms with van der Waals surface area (Å²) in [4.78, 5) is 23.5. The van der Waals surface area contributed by atoms with Crippen LogP contribution in [0.2, 0.25) is 0 Å². The summed E-state index contributed by atoms with van der Waals surface area (Å²) in [7, 11) is 0. The number of pyridine rings is 1. The number of thioether (sulfide) groups is 1. The fourth-order valence-corrected chi connectivity index (χ4v) is 4.39. The molecule has 9 heteroatoms. The van der Waals surface area contributed by atoms with Gasteiger partial charge in [-0.3, -0.25) is 9.79 Å². The maximum Gasteiger partial charge on any atom is 0.251 e. The molecular formula is C22H26FN5O2S. The first-order valence-corrected chi connectivity index (χ1v) is 11.5. The van der Waals surface area contributed by atoms with E-state index in [0.29, 0.717) is 23.7 Å². The van der Waals surface area contributed by atoms with Gasteiger partial charge in [0.1, 0.15) is 11.6 Å². The molecule has 3 heterocycles. The number of amides is 1. The summed E-state index contributed by atoms with van der Waals surface area (Å²) in [5.41, 5.74) is 0.357. The van der Waals surface area contributed by atoms with E-state index in [2.05, 4.69) is 25.5 Å². The third kappa shape index (κ3) is 5.95. The summed E-state index contributed by atoms with van der Waals surface area (Å²) >= 11 is 1.63. The zero-order chi connectivity index (χ0) is 21.6. The molecule has 2 aromatic rings. The van der Waals surface area contributed by atoms with E-state index in [1.807, 2.05) is 6.92 Å². The first kappa shape index (κ1) is 21.6. The van der Waals surface area contributed by atoms with Gasteiger partial charge in [-0.2, -0.15) is 0 Å². The van der Waals surface area contributed by atoms with Crippen molar-refractivity contribution in [3.63, 3.8) is 0 Å². The molecule has 2 N–H and O–H groups in total. The lowest BCUT2D eigenvalue weighted by atomic mass is 10.2. The minimum atomic E-state index is -0.538. The number of benzene rings is 1. The van der Waals surface area contributed by atoms with Crippen molar-refractivity contribution in [1.82, 2.24) is 15.2 Å². The Morgan fingerprint density at radius 1 is 1.29 bits per heavy atom. The number of nitrogens with zero attached hydrogens (tertiary/aromatic N) is 3. The second kappa shape index (κ2) is 10.1. The summed E-state index contributed by atoms with van der Waals surface area (Å²) in [6, 6.07) is 7.71. The summed E-state index contributed by atoms with van der Waals surface area (Å²) in [6.45, 7) is 5.60. The molecule has 4 rings (SSSR count). The second-order valence-electron chi connectivity index (χ2n) is 7.65. The van der Waals surface area contributed by atoms with Crippen molar-refractivity contribution in [3.8, 4) is 11.5 Å². The third-order valence-electron chi connectivity index (χ3n) is 5.10. The van der Waals surface area contributed by atoms with Crippen LogP contribution < -0.4 is 15.4 Å². The molecule has 1 fully saturated rings.